The fourth-order valence-electron chi connectivity index (χ4n) is 2.11. The fraction of sp³-hybridized carbons (Fsp3) is 0.118. The Labute approximate surface area is 136 Å². The van der Waals surface area contributed by atoms with Gasteiger partial charge >= 0.3 is 0 Å². The Morgan fingerprint density at radius 2 is 1.92 bits per heavy atom. The Bertz CT molecular complexity index is 831. The minimum atomic E-state index is -1.17. The molecule has 0 aliphatic rings. The molecule has 0 aliphatic carbocycles. The van der Waals surface area contributed by atoms with Crippen LogP contribution in [-0.2, 0) is 11.2 Å². The number of amides is 2. The SMILES string of the molecule is N#Cc1cccc(C[C@@H](NC(=O)c2ccc(F)c(F)c2)C(N)=O)c1. The molecule has 2 amide bonds. The predicted octanol–water partition coefficient (Wildman–Crippen LogP) is 1.66. The monoisotopic (exact) mass is 329 g/mol. The summed E-state index contributed by atoms with van der Waals surface area (Å²) in [6.45, 7) is 0. The van der Waals surface area contributed by atoms with E-state index in [0.717, 1.165) is 18.2 Å². The molecule has 0 saturated carbocycles. The van der Waals surface area contributed by atoms with E-state index in [2.05, 4.69) is 5.32 Å². The number of primary amides is 1. The number of hydrogen-bond acceptors (Lipinski definition) is 3. The second-order valence-electron chi connectivity index (χ2n) is 5.07. The summed E-state index contributed by atoms with van der Waals surface area (Å²) in [4.78, 5) is 23.6. The smallest absolute Gasteiger partial charge is 0.252 e. The van der Waals surface area contributed by atoms with Gasteiger partial charge < -0.3 is 11.1 Å². The molecule has 0 radical (unpaired) electrons. The molecule has 0 fully saturated rings. The lowest BCUT2D eigenvalue weighted by molar-refractivity contribution is -0.119. The molecule has 0 spiro atoms. The highest BCUT2D eigenvalue weighted by atomic mass is 19.2. The number of rotatable bonds is 5. The largest absolute Gasteiger partial charge is 0.368 e. The van der Waals surface area contributed by atoms with Gasteiger partial charge in [0.05, 0.1) is 11.6 Å². The molecule has 5 nitrogen and oxygen atoms in total. The Morgan fingerprint density at radius 1 is 1.17 bits per heavy atom. The van der Waals surface area contributed by atoms with Gasteiger partial charge in [-0.25, -0.2) is 8.78 Å². The molecular formula is C17H13F2N3O2. The topological polar surface area (TPSA) is 96.0 Å². The molecule has 1 atom stereocenters. The zero-order valence-electron chi connectivity index (χ0n) is 12.4. The molecule has 3 N–H and O–H groups in total. The number of hydrogen-bond donors (Lipinski definition) is 2. The molecule has 0 unspecified atom stereocenters. The van der Waals surface area contributed by atoms with Gasteiger partial charge in [0.25, 0.3) is 5.91 Å². The van der Waals surface area contributed by atoms with Crippen molar-refractivity contribution in [3.8, 4) is 6.07 Å². The average molecular weight is 329 g/mol. The van der Waals surface area contributed by atoms with Crippen molar-refractivity contribution in [3.63, 3.8) is 0 Å². The second kappa shape index (κ2) is 7.33. The Hall–Kier alpha value is -3.27. The lowest BCUT2D eigenvalue weighted by Gasteiger charge is -2.16. The summed E-state index contributed by atoms with van der Waals surface area (Å²) in [5, 5.41) is 11.3. The number of carbonyl (C=O) groups is 2. The minimum absolute atomic E-state index is 0.0697. The van der Waals surface area contributed by atoms with E-state index in [1.165, 1.54) is 0 Å². The highest BCUT2D eigenvalue weighted by molar-refractivity contribution is 5.97. The zero-order chi connectivity index (χ0) is 17.7. The highest BCUT2D eigenvalue weighted by Gasteiger charge is 2.20. The van der Waals surface area contributed by atoms with Gasteiger partial charge in [0.15, 0.2) is 11.6 Å². The van der Waals surface area contributed by atoms with Crippen molar-refractivity contribution in [3.05, 3.63) is 70.8 Å². The molecule has 2 aromatic rings. The molecule has 0 saturated heterocycles. The van der Waals surface area contributed by atoms with Crippen LogP contribution in [0.5, 0.6) is 0 Å². The molecule has 2 rings (SSSR count). The molecule has 0 heterocycles. The number of halogens is 2. The standard InChI is InChI=1S/C17H13F2N3O2/c18-13-5-4-12(8-14(13)19)17(24)22-15(16(21)23)7-10-2-1-3-11(6-10)9-20/h1-6,8,15H,7H2,(H2,21,23)(H,22,24)/t15-/m1/s1. The molecule has 0 aromatic heterocycles. The van der Waals surface area contributed by atoms with Crippen molar-refractivity contribution in [2.45, 2.75) is 12.5 Å². The van der Waals surface area contributed by atoms with Crippen LogP contribution in [-0.4, -0.2) is 17.9 Å². The first kappa shape index (κ1) is 17.1. The zero-order valence-corrected chi connectivity index (χ0v) is 12.4. The minimum Gasteiger partial charge on any atom is -0.368 e. The average Bonchev–Trinajstić information content (AvgIpc) is 2.56. The molecule has 7 heteroatoms. The third kappa shape index (κ3) is 4.14. The van der Waals surface area contributed by atoms with Crippen molar-refractivity contribution in [1.29, 1.82) is 5.26 Å². The van der Waals surface area contributed by atoms with Crippen LogP contribution in [0.15, 0.2) is 42.5 Å². The van der Waals surface area contributed by atoms with E-state index in [1.807, 2.05) is 6.07 Å². The van der Waals surface area contributed by atoms with E-state index < -0.39 is 29.5 Å². The van der Waals surface area contributed by atoms with Crippen molar-refractivity contribution in [2.75, 3.05) is 0 Å². The van der Waals surface area contributed by atoms with Crippen molar-refractivity contribution < 1.29 is 18.4 Å². The normalized spacial score (nSPS) is 11.4. The summed E-state index contributed by atoms with van der Waals surface area (Å²) in [6.07, 6.45) is 0.0697. The van der Waals surface area contributed by atoms with Gasteiger partial charge in [0, 0.05) is 12.0 Å². The van der Waals surface area contributed by atoms with Crippen molar-refractivity contribution in [2.24, 2.45) is 5.73 Å². The predicted molar refractivity (Wildman–Crippen MR) is 81.7 cm³/mol. The van der Waals surface area contributed by atoms with Gasteiger partial charge in [0.1, 0.15) is 6.04 Å². The number of nitrogens with one attached hydrogen (secondary N) is 1. The van der Waals surface area contributed by atoms with E-state index in [0.29, 0.717) is 11.1 Å². The van der Waals surface area contributed by atoms with E-state index in [-0.39, 0.29) is 12.0 Å². The van der Waals surface area contributed by atoms with Gasteiger partial charge in [-0.1, -0.05) is 12.1 Å². The van der Waals surface area contributed by atoms with E-state index in [1.54, 1.807) is 24.3 Å². The van der Waals surface area contributed by atoms with Crippen LogP contribution in [0, 0.1) is 23.0 Å². The van der Waals surface area contributed by atoms with Crippen LogP contribution < -0.4 is 11.1 Å². The fourth-order valence-corrected chi connectivity index (χ4v) is 2.11. The first-order valence-corrected chi connectivity index (χ1v) is 6.95. The Balaban J connectivity index is 2.16. The lowest BCUT2D eigenvalue weighted by Crippen LogP contribution is -2.45. The van der Waals surface area contributed by atoms with Crippen LogP contribution >= 0.6 is 0 Å². The Kier molecular flexibility index (Phi) is 5.22. The lowest BCUT2D eigenvalue weighted by atomic mass is 10.0. The van der Waals surface area contributed by atoms with Gasteiger partial charge in [-0.3, -0.25) is 9.59 Å². The molecule has 0 aliphatic heterocycles. The number of nitriles is 1. The third-order valence-electron chi connectivity index (χ3n) is 3.33. The summed E-state index contributed by atoms with van der Waals surface area (Å²) in [7, 11) is 0. The van der Waals surface area contributed by atoms with Gasteiger partial charge in [-0.15, -0.1) is 0 Å². The third-order valence-corrected chi connectivity index (χ3v) is 3.33. The highest BCUT2D eigenvalue weighted by Crippen LogP contribution is 2.10. The summed E-state index contributed by atoms with van der Waals surface area (Å²) >= 11 is 0. The van der Waals surface area contributed by atoms with Gasteiger partial charge in [0.2, 0.25) is 5.91 Å². The first-order chi connectivity index (χ1) is 11.4. The maximum absolute atomic E-state index is 13.2. The van der Waals surface area contributed by atoms with Crippen LogP contribution in [0.3, 0.4) is 0 Å². The van der Waals surface area contributed by atoms with Crippen LogP contribution in [0.4, 0.5) is 8.78 Å². The molecule has 24 heavy (non-hydrogen) atoms. The molecule has 2 aromatic carbocycles. The quantitative estimate of drug-likeness (QED) is 0.873. The molecular weight excluding hydrogens is 316 g/mol. The number of nitrogens with zero attached hydrogens (tertiary/aromatic N) is 1. The van der Waals surface area contributed by atoms with E-state index in [9.17, 15) is 18.4 Å². The van der Waals surface area contributed by atoms with Gasteiger partial charge in [-0.2, -0.15) is 5.26 Å². The number of benzene rings is 2. The van der Waals surface area contributed by atoms with E-state index in [4.69, 9.17) is 11.0 Å². The Morgan fingerprint density at radius 3 is 2.54 bits per heavy atom. The van der Waals surface area contributed by atoms with Crippen LogP contribution in [0.25, 0.3) is 0 Å². The maximum atomic E-state index is 13.2. The second-order valence-corrected chi connectivity index (χ2v) is 5.07. The maximum Gasteiger partial charge on any atom is 0.252 e. The van der Waals surface area contributed by atoms with Crippen molar-refractivity contribution >= 4 is 11.8 Å². The number of nitrogens with two attached hydrogens (primary N) is 1. The molecule has 0 bridgehead atoms. The summed E-state index contributed by atoms with van der Waals surface area (Å²) in [6, 6.07) is 10.1. The first-order valence-electron chi connectivity index (χ1n) is 6.95. The van der Waals surface area contributed by atoms with Crippen molar-refractivity contribution in [1.82, 2.24) is 5.32 Å². The number of carbonyl (C=O) groups excluding carboxylic acids is 2. The molecule has 122 valence electrons. The van der Waals surface area contributed by atoms with Crippen LogP contribution in [0.2, 0.25) is 0 Å². The van der Waals surface area contributed by atoms with E-state index >= 15 is 0 Å². The van der Waals surface area contributed by atoms with Gasteiger partial charge in [-0.05, 0) is 35.9 Å². The van der Waals surface area contributed by atoms with Crippen LogP contribution in [0.1, 0.15) is 21.5 Å². The summed E-state index contributed by atoms with van der Waals surface area (Å²) in [5.74, 6) is -3.78. The summed E-state index contributed by atoms with van der Waals surface area (Å²) in [5.41, 5.74) is 6.18. The summed E-state index contributed by atoms with van der Waals surface area (Å²) < 4.78 is 26.1.